The lowest BCUT2D eigenvalue weighted by molar-refractivity contribution is 0.0746. The van der Waals surface area contributed by atoms with Gasteiger partial charge in [-0.15, -0.1) is 0 Å². The van der Waals surface area contributed by atoms with Gasteiger partial charge in [0.15, 0.2) is 11.5 Å². The molecule has 0 saturated carbocycles. The smallest absolute Gasteiger partial charge is 0.254 e. The third-order valence-corrected chi connectivity index (χ3v) is 6.31. The highest BCUT2D eigenvalue weighted by Gasteiger charge is 2.26. The summed E-state index contributed by atoms with van der Waals surface area (Å²) in [5.74, 6) is 1.98. The molecular formula is C25H25ClN6O3. The van der Waals surface area contributed by atoms with E-state index in [1.54, 1.807) is 31.2 Å². The number of amides is 1. The highest BCUT2D eigenvalue weighted by atomic mass is 35.5. The van der Waals surface area contributed by atoms with Crippen molar-refractivity contribution in [3.63, 3.8) is 0 Å². The first kappa shape index (κ1) is 23.1. The second-order valence-corrected chi connectivity index (χ2v) is 8.56. The number of piperazine rings is 1. The monoisotopic (exact) mass is 492 g/mol. The van der Waals surface area contributed by atoms with Crippen molar-refractivity contribution < 1.29 is 14.3 Å². The Morgan fingerprint density at radius 3 is 2.57 bits per heavy atom. The maximum absolute atomic E-state index is 13.0. The lowest BCUT2D eigenvalue weighted by Crippen LogP contribution is -2.49. The molecule has 0 aliphatic carbocycles. The van der Waals surface area contributed by atoms with Crippen molar-refractivity contribution in [3.8, 4) is 11.4 Å². The Morgan fingerprint density at radius 2 is 1.83 bits per heavy atom. The average molecular weight is 493 g/mol. The van der Waals surface area contributed by atoms with Crippen LogP contribution >= 0.6 is 11.6 Å². The van der Waals surface area contributed by atoms with Gasteiger partial charge in [-0.25, -0.2) is 14.6 Å². The molecule has 9 nitrogen and oxygen atoms in total. The molecule has 0 atom stereocenters. The van der Waals surface area contributed by atoms with Crippen LogP contribution in [0.25, 0.3) is 16.7 Å². The highest BCUT2D eigenvalue weighted by molar-refractivity contribution is 6.32. The van der Waals surface area contributed by atoms with Crippen LogP contribution < -0.4 is 9.64 Å². The van der Waals surface area contributed by atoms with E-state index in [9.17, 15) is 4.79 Å². The van der Waals surface area contributed by atoms with Gasteiger partial charge in [-0.2, -0.15) is 5.10 Å². The zero-order chi connectivity index (χ0) is 24.4. The number of hydrogen-bond acceptors (Lipinski definition) is 7. The van der Waals surface area contributed by atoms with E-state index in [0.717, 1.165) is 16.9 Å². The van der Waals surface area contributed by atoms with Crippen molar-refractivity contribution in [1.29, 1.82) is 0 Å². The third-order valence-electron chi connectivity index (χ3n) is 5.99. The number of ether oxygens (including phenoxy) is 2. The second kappa shape index (κ2) is 9.89. The first-order valence-electron chi connectivity index (χ1n) is 11.3. The average Bonchev–Trinajstić information content (AvgIpc) is 3.32. The van der Waals surface area contributed by atoms with E-state index in [1.807, 2.05) is 47.4 Å². The topological polar surface area (TPSA) is 85.6 Å². The van der Waals surface area contributed by atoms with Crippen LogP contribution in [0.15, 0.2) is 54.7 Å². The van der Waals surface area contributed by atoms with Crippen LogP contribution in [-0.2, 0) is 11.3 Å². The van der Waals surface area contributed by atoms with E-state index in [1.165, 1.54) is 0 Å². The van der Waals surface area contributed by atoms with Crippen LogP contribution in [0, 0.1) is 0 Å². The molecule has 0 N–H and O–H groups in total. The number of fused-ring (bicyclic) bond motifs is 1. The number of carbonyl (C=O) groups is 1. The molecule has 4 aromatic rings. The number of carbonyl (C=O) groups excluding carboxylic acids is 1. The van der Waals surface area contributed by atoms with Gasteiger partial charge in [0.2, 0.25) is 0 Å². The quantitative estimate of drug-likeness (QED) is 0.406. The molecule has 1 saturated heterocycles. The molecule has 180 valence electrons. The summed E-state index contributed by atoms with van der Waals surface area (Å²) >= 11 is 6.44. The summed E-state index contributed by atoms with van der Waals surface area (Å²) in [7, 11) is 3.21. The first-order valence-corrected chi connectivity index (χ1v) is 11.6. The maximum Gasteiger partial charge on any atom is 0.254 e. The second-order valence-electron chi connectivity index (χ2n) is 8.15. The molecule has 3 heterocycles. The van der Waals surface area contributed by atoms with Crippen molar-refractivity contribution in [2.75, 3.05) is 45.3 Å². The summed E-state index contributed by atoms with van der Waals surface area (Å²) in [6, 6.07) is 14.7. The lowest BCUT2D eigenvalue weighted by atomic mass is 10.1. The predicted octanol–water partition coefficient (Wildman–Crippen LogP) is 3.59. The van der Waals surface area contributed by atoms with E-state index in [2.05, 4.69) is 10.00 Å². The van der Waals surface area contributed by atoms with E-state index in [4.69, 9.17) is 31.0 Å². The minimum Gasteiger partial charge on any atom is -0.497 e. The fourth-order valence-corrected chi connectivity index (χ4v) is 4.45. The van der Waals surface area contributed by atoms with Crippen LogP contribution in [0.2, 0.25) is 5.02 Å². The zero-order valence-electron chi connectivity index (χ0n) is 19.5. The lowest BCUT2D eigenvalue weighted by Gasteiger charge is -2.35. The largest absolute Gasteiger partial charge is 0.497 e. The number of anilines is 1. The normalized spacial score (nSPS) is 13.9. The number of nitrogens with zero attached hydrogens (tertiary/aromatic N) is 6. The summed E-state index contributed by atoms with van der Waals surface area (Å²) in [5, 5.41) is 5.96. The molecule has 10 heteroatoms. The molecule has 0 radical (unpaired) electrons. The molecule has 35 heavy (non-hydrogen) atoms. The van der Waals surface area contributed by atoms with Gasteiger partial charge in [0.1, 0.15) is 18.2 Å². The van der Waals surface area contributed by atoms with Crippen molar-refractivity contribution in [2.24, 2.45) is 0 Å². The Bertz CT molecular complexity index is 1370. The molecule has 0 bridgehead atoms. The number of hydrogen-bond donors (Lipinski definition) is 0. The minimum atomic E-state index is -0.0111. The summed E-state index contributed by atoms with van der Waals surface area (Å²) < 4.78 is 12.3. The van der Waals surface area contributed by atoms with Crippen molar-refractivity contribution >= 4 is 34.4 Å². The van der Waals surface area contributed by atoms with E-state index >= 15 is 0 Å². The van der Waals surface area contributed by atoms with Crippen molar-refractivity contribution in [1.82, 2.24) is 24.6 Å². The van der Waals surface area contributed by atoms with Gasteiger partial charge in [0.05, 0.1) is 29.4 Å². The van der Waals surface area contributed by atoms with Crippen LogP contribution in [0.4, 0.5) is 5.82 Å². The zero-order valence-corrected chi connectivity index (χ0v) is 20.3. The Kier molecular flexibility index (Phi) is 6.52. The Balaban J connectivity index is 1.43. The van der Waals surface area contributed by atoms with Crippen LogP contribution in [0.5, 0.6) is 5.75 Å². The first-order chi connectivity index (χ1) is 17.1. The Morgan fingerprint density at radius 1 is 1.03 bits per heavy atom. The van der Waals surface area contributed by atoms with Crippen LogP contribution in [-0.4, -0.2) is 71.0 Å². The summed E-state index contributed by atoms with van der Waals surface area (Å²) in [5.41, 5.74) is 2.02. The third kappa shape index (κ3) is 4.52. The van der Waals surface area contributed by atoms with E-state index < -0.39 is 0 Å². The maximum atomic E-state index is 13.0. The molecule has 0 unspecified atom stereocenters. The van der Waals surface area contributed by atoms with E-state index in [0.29, 0.717) is 54.0 Å². The molecular weight excluding hydrogens is 468 g/mol. The van der Waals surface area contributed by atoms with Crippen molar-refractivity contribution in [3.05, 3.63) is 71.1 Å². The van der Waals surface area contributed by atoms with Gasteiger partial charge in [0, 0.05) is 38.9 Å². The van der Waals surface area contributed by atoms with Crippen LogP contribution in [0.3, 0.4) is 0 Å². The Hall–Kier alpha value is -3.69. The molecule has 1 aliphatic heterocycles. The fourth-order valence-electron chi connectivity index (χ4n) is 4.23. The summed E-state index contributed by atoms with van der Waals surface area (Å²) in [6.45, 7) is 2.67. The number of methoxy groups -OCH3 is 2. The highest BCUT2D eigenvalue weighted by Crippen LogP contribution is 2.29. The number of benzene rings is 2. The summed E-state index contributed by atoms with van der Waals surface area (Å²) in [4.78, 5) is 26.5. The number of aromatic nitrogens is 4. The molecule has 1 fully saturated rings. The van der Waals surface area contributed by atoms with Gasteiger partial charge < -0.3 is 19.3 Å². The van der Waals surface area contributed by atoms with E-state index in [-0.39, 0.29) is 12.5 Å². The number of halogens is 1. The van der Waals surface area contributed by atoms with Crippen molar-refractivity contribution in [2.45, 2.75) is 6.61 Å². The summed E-state index contributed by atoms with van der Waals surface area (Å²) in [6.07, 6.45) is 1.76. The Labute approximate surface area is 207 Å². The molecule has 2 aromatic carbocycles. The number of para-hydroxylation sites is 1. The standard InChI is InChI=1S/C25H25ClN6O3/c1-34-16-22-28-23(19-15-27-32(24(19)29-22)21-9-4-3-8-20(21)26)30-10-12-31(13-11-30)25(33)17-6-5-7-18(14-17)35-2/h3-9,14-15H,10-13,16H2,1-2H3. The fraction of sp³-hybridized carbons (Fsp3) is 0.280. The molecule has 2 aromatic heterocycles. The molecule has 1 amide bonds. The van der Waals surface area contributed by atoms with Gasteiger partial charge in [0.25, 0.3) is 5.91 Å². The van der Waals surface area contributed by atoms with Gasteiger partial charge >= 0.3 is 0 Å². The van der Waals surface area contributed by atoms with Gasteiger partial charge in [-0.3, -0.25) is 4.79 Å². The minimum absolute atomic E-state index is 0.0111. The molecule has 0 spiro atoms. The van der Waals surface area contributed by atoms with Crippen LogP contribution in [0.1, 0.15) is 16.2 Å². The van der Waals surface area contributed by atoms with Gasteiger partial charge in [-0.1, -0.05) is 29.8 Å². The predicted molar refractivity (Wildman–Crippen MR) is 133 cm³/mol. The SMILES string of the molecule is COCc1nc(N2CCN(C(=O)c3cccc(OC)c3)CC2)c2cnn(-c3ccccc3Cl)c2n1. The molecule has 1 aliphatic rings. The van der Waals surface area contributed by atoms with Gasteiger partial charge in [-0.05, 0) is 30.3 Å². The number of rotatable bonds is 6. The molecule has 5 rings (SSSR count).